The van der Waals surface area contributed by atoms with Crippen LogP contribution in [0.1, 0.15) is 5.56 Å². The van der Waals surface area contributed by atoms with E-state index in [4.69, 9.17) is 0 Å². The maximum atomic E-state index is 13.5. The van der Waals surface area contributed by atoms with E-state index >= 15 is 0 Å². The standard InChI is InChI=1S/C28H25N3O2S2/c1-19-13-15-20(16-14-19)29-27(32)18-34-22-8-6-7-21(17-22)30-28(33)31-23-9-2-4-11-25(23)35-26-12-5-3-10-24(26)31/h2-17,23,25H,18H2,1H3,(H,29,32)(H,30,33). The summed E-state index contributed by atoms with van der Waals surface area (Å²) < 4.78 is 0. The molecular weight excluding hydrogens is 474 g/mol. The molecule has 2 aliphatic rings. The lowest BCUT2D eigenvalue weighted by atomic mass is 10.1. The van der Waals surface area contributed by atoms with E-state index < -0.39 is 0 Å². The Labute approximate surface area is 213 Å². The van der Waals surface area contributed by atoms with E-state index in [-0.39, 0.29) is 29.0 Å². The molecule has 3 aromatic rings. The number of urea groups is 1. The van der Waals surface area contributed by atoms with Crippen LogP contribution in [0.2, 0.25) is 0 Å². The first-order chi connectivity index (χ1) is 17.1. The zero-order valence-corrected chi connectivity index (χ0v) is 20.8. The number of para-hydroxylation sites is 1. The number of hydrogen-bond acceptors (Lipinski definition) is 4. The maximum absolute atomic E-state index is 13.5. The van der Waals surface area contributed by atoms with Crippen molar-refractivity contribution in [2.24, 2.45) is 0 Å². The maximum Gasteiger partial charge on any atom is 0.326 e. The Balaban J connectivity index is 1.25. The number of nitrogens with one attached hydrogen (secondary N) is 2. The minimum atomic E-state index is -0.174. The predicted octanol–water partition coefficient (Wildman–Crippen LogP) is 6.73. The Kier molecular flexibility index (Phi) is 6.97. The van der Waals surface area contributed by atoms with Gasteiger partial charge in [-0.05, 0) is 49.4 Å². The van der Waals surface area contributed by atoms with Crippen molar-refractivity contribution in [3.63, 3.8) is 0 Å². The van der Waals surface area contributed by atoms with Crippen molar-refractivity contribution in [2.75, 3.05) is 21.3 Å². The average molecular weight is 500 g/mol. The van der Waals surface area contributed by atoms with E-state index in [9.17, 15) is 9.59 Å². The number of nitrogens with zero attached hydrogens (tertiary/aromatic N) is 1. The molecule has 176 valence electrons. The highest BCUT2D eigenvalue weighted by molar-refractivity contribution is 8.00. The fourth-order valence-corrected chi connectivity index (χ4v) is 6.07. The molecule has 35 heavy (non-hydrogen) atoms. The van der Waals surface area contributed by atoms with Crippen molar-refractivity contribution in [2.45, 2.75) is 28.0 Å². The van der Waals surface area contributed by atoms with Gasteiger partial charge >= 0.3 is 6.03 Å². The van der Waals surface area contributed by atoms with Gasteiger partial charge in [-0.1, -0.05) is 60.2 Å². The fourth-order valence-electron chi connectivity index (χ4n) is 4.06. The summed E-state index contributed by atoms with van der Waals surface area (Å²) in [5.74, 6) is 0.210. The second-order valence-electron chi connectivity index (χ2n) is 8.34. The first-order valence-electron chi connectivity index (χ1n) is 11.4. The van der Waals surface area contributed by atoms with Crippen LogP contribution in [0.3, 0.4) is 0 Å². The summed E-state index contributed by atoms with van der Waals surface area (Å²) in [7, 11) is 0. The van der Waals surface area contributed by atoms with Crippen molar-refractivity contribution < 1.29 is 9.59 Å². The van der Waals surface area contributed by atoms with Crippen molar-refractivity contribution in [3.8, 4) is 0 Å². The van der Waals surface area contributed by atoms with Crippen LogP contribution < -0.4 is 15.5 Å². The van der Waals surface area contributed by atoms with Gasteiger partial charge in [-0.25, -0.2) is 4.79 Å². The zero-order valence-electron chi connectivity index (χ0n) is 19.2. The molecule has 3 amide bonds. The van der Waals surface area contributed by atoms with Crippen LogP contribution in [-0.4, -0.2) is 29.0 Å². The van der Waals surface area contributed by atoms with E-state index in [1.54, 1.807) is 11.8 Å². The molecule has 3 aromatic carbocycles. The molecule has 2 N–H and O–H groups in total. The number of thioether (sulfide) groups is 2. The number of amides is 3. The van der Waals surface area contributed by atoms with Crippen LogP contribution in [0, 0.1) is 6.92 Å². The van der Waals surface area contributed by atoms with Crippen LogP contribution >= 0.6 is 23.5 Å². The van der Waals surface area contributed by atoms with Gasteiger partial charge in [-0.3, -0.25) is 9.69 Å². The quantitative estimate of drug-likeness (QED) is 0.382. The smallest absolute Gasteiger partial charge is 0.325 e. The zero-order chi connectivity index (χ0) is 24.2. The molecule has 1 aliphatic carbocycles. The molecule has 0 spiro atoms. The van der Waals surface area contributed by atoms with Crippen molar-refractivity contribution >= 4 is 52.5 Å². The number of carbonyl (C=O) groups excluding carboxylic acids is 2. The van der Waals surface area contributed by atoms with Gasteiger partial charge < -0.3 is 10.6 Å². The minimum Gasteiger partial charge on any atom is -0.325 e. The second kappa shape index (κ2) is 10.5. The SMILES string of the molecule is Cc1ccc(NC(=O)CSc2cccc(NC(=O)N3c4ccccc4SC4C=CC=CC43)c2)cc1. The molecule has 0 radical (unpaired) electrons. The lowest BCUT2D eigenvalue weighted by Gasteiger charge is -2.40. The van der Waals surface area contributed by atoms with Gasteiger partial charge in [0.2, 0.25) is 5.91 Å². The number of fused-ring (bicyclic) bond motifs is 2. The molecule has 5 rings (SSSR count). The highest BCUT2D eigenvalue weighted by Gasteiger charge is 2.36. The summed E-state index contributed by atoms with van der Waals surface area (Å²) in [4.78, 5) is 29.7. The number of carbonyl (C=O) groups is 2. The summed E-state index contributed by atoms with van der Waals surface area (Å²) in [6.07, 6.45) is 8.25. The van der Waals surface area contributed by atoms with E-state index in [1.165, 1.54) is 11.8 Å². The van der Waals surface area contributed by atoms with Crippen LogP contribution in [0.25, 0.3) is 0 Å². The lowest BCUT2D eigenvalue weighted by Crippen LogP contribution is -2.49. The Hall–Kier alpha value is -3.42. The number of benzene rings is 3. The van der Waals surface area contributed by atoms with Gasteiger partial charge in [0.05, 0.1) is 22.7 Å². The Morgan fingerprint density at radius 2 is 1.71 bits per heavy atom. The number of anilines is 3. The van der Waals surface area contributed by atoms with Gasteiger partial charge in [-0.2, -0.15) is 0 Å². The molecule has 0 saturated carbocycles. The second-order valence-corrected chi connectivity index (χ2v) is 10.6. The highest BCUT2D eigenvalue weighted by atomic mass is 32.2. The van der Waals surface area contributed by atoms with Crippen molar-refractivity contribution in [1.82, 2.24) is 0 Å². The van der Waals surface area contributed by atoms with Crippen LogP contribution in [0.4, 0.5) is 21.9 Å². The van der Waals surface area contributed by atoms with Crippen LogP contribution in [0.5, 0.6) is 0 Å². The normalized spacial score (nSPS) is 17.9. The van der Waals surface area contributed by atoms with E-state index in [0.717, 1.165) is 26.7 Å². The minimum absolute atomic E-state index is 0.0528. The molecule has 0 aromatic heterocycles. The van der Waals surface area contributed by atoms with E-state index in [2.05, 4.69) is 28.9 Å². The molecular formula is C28H25N3O2S2. The molecule has 0 fully saturated rings. The molecule has 1 aliphatic heterocycles. The van der Waals surface area contributed by atoms with Crippen LogP contribution in [-0.2, 0) is 4.79 Å². The van der Waals surface area contributed by atoms with Gasteiger partial charge in [0.1, 0.15) is 0 Å². The van der Waals surface area contributed by atoms with Gasteiger partial charge in [-0.15, -0.1) is 23.5 Å². The van der Waals surface area contributed by atoms with E-state index in [0.29, 0.717) is 5.69 Å². The Bertz CT molecular complexity index is 1300. The summed E-state index contributed by atoms with van der Waals surface area (Å²) in [6, 6.07) is 23.1. The number of aryl methyl sites for hydroxylation is 1. The molecule has 7 heteroatoms. The van der Waals surface area contributed by atoms with E-state index in [1.807, 2.05) is 90.7 Å². The van der Waals surface area contributed by atoms with Gasteiger partial charge in [0.25, 0.3) is 0 Å². The Morgan fingerprint density at radius 3 is 2.57 bits per heavy atom. The molecule has 0 bridgehead atoms. The molecule has 2 unspecified atom stereocenters. The molecule has 1 heterocycles. The average Bonchev–Trinajstić information content (AvgIpc) is 2.87. The van der Waals surface area contributed by atoms with Gasteiger partial charge in [0, 0.05) is 21.2 Å². The Morgan fingerprint density at radius 1 is 0.914 bits per heavy atom. The largest absolute Gasteiger partial charge is 0.326 e. The third kappa shape index (κ3) is 5.47. The van der Waals surface area contributed by atoms with Crippen LogP contribution in [0.15, 0.2) is 107 Å². The summed E-state index contributed by atoms with van der Waals surface area (Å²) >= 11 is 3.21. The number of rotatable bonds is 5. The first kappa shape index (κ1) is 23.3. The molecule has 2 atom stereocenters. The fraction of sp³-hybridized carbons (Fsp3) is 0.143. The predicted molar refractivity (Wildman–Crippen MR) is 147 cm³/mol. The number of allylic oxidation sites excluding steroid dienone is 2. The first-order valence-corrected chi connectivity index (χ1v) is 13.2. The summed E-state index contributed by atoms with van der Waals surface area (Å²) in [5, 5.41) is 6.16. The van der Waals surface area contributed by atoms with Crippen molar-refractivity contribution in [1.29, 1.82) is 0 Å². The third-order valence-corrected chi connectivity index (χ3v) is 8.05. The number of hydrogen-bond donors (Lipinski definition) is 2. The highest BCUT2D eigenvalue weighted by Crippen LogP contribution is 2.43. The monoisotopic (exact) mass is 499 g/mol. The topological polar surface area (TPSA) is 61.4 Å². The lowest BCUT2D eigenvalue weighted by molar-refractivity contribution is -0.113. The summed E-state index contributed by atoms with van der Waals surface area (Å²) in [5.41, 5.74) is 3.54. The third-order valence-electron chi connectivity index (χ3n) is 5.75. The molecule has 0 saturated heterocycles. The van der Waals surface area contributed by atoms with Crippen molar-refractivity contribution in [3.05, 3.63) is 103 Å². The summed E-state index contributed by atoms with van der Waals surface area (Å²) in [6.45, 7) is 2.01. The molecule has 5 nitrogen and oxygen atoms in total. The van der Waals surface area contributed by atoms with Gasteiger partial charge in [0.15, 0.2) is 0 Å².